The Kier molecular flexibility index (Phi) is 4.81. The maximum Gasteiger partial charge on any atom is 0.248 e. The van der Waals surface area contributed by atoms with E-state index in [9.17, 15) is 8.78 Å². The zero-order valence-electron chi connectivity index (χ0n) is 11.9. The highest BCUT2D eigenvalue weighted by atomic mass is 19.3. The van der Waals surface area contributed by atoms with E-state index in [2.05, 4.69) is 5.32 Å². The lowest BCUT2D eigenvalue weighted by atomic mass is 9.92. The summed E-state index contributed by atoms with van der Waals surface area (Å²) < 4.78 is 36.6. The van der Waals surface area contributed by atoms with Crippen molar-refractivity contribution in [3.8, 4) is 11.5 Å². The van der Waals surface area contributed by atoms with Crippen LogP contribution in [0.2, 0.25) is 0 Å². The van der Waals surface area contributed by atoms with Gasteiger partial charge in [-0.3, -0.25) is 0 Å². The van der Waals surface area contributed by atoms with Gasteiger partial charge in [-0.1, -0.05) is 6.07 Å². The predicted molar refractivity (Wildman–Crippen MR) is 73.6 cm³/mol. The van der Waals surface area contributed by atoms with Gasteiger partial charge in [-0.15, -0.1) is 0 Å². The number of benzene rings is 1. The van der Waals surface area contributed by atoms with E-state index in [1.54, 1.807) is 14.2 Å². The molecule has 5 heteroatoms. The molecule has 0 atom stereocenters. The molecule has 1 aromatic rings. The summed E-state index contributed by atoms with van der Waals surface area (Å²) >= 11 is 0. The van der Waals surface area contributed by atoms with Crippen molar-refractivity contribution >= 4 is 0 Å². The lowest BCUT2D eigenvalue weighted by Crippen LogP contribution is -2.36. The summed E-state index contributed by atoms with van der Waals surface area (Å²) in [7, 11) is 3.22. The second-order valence-corrected chi connectivity index (χ2v) is 5.19. The van der Waals surface area contributed by atoms with Crippen molar-refractivity contribution in [3.05, 3.63) is 23.8 Å². The smallest absolute Gasteiger partial charge is 0.248 e. The van der Waals surface area contributed by atoms with Gasteiger partial charge in [0.25, 0.3) is 0 Å². The summed E-state index contributed by atoms with van der Waals surface area (Å²) in [5.41, 5.74) is 1.01. The van der Waals surface area contributed by atoms with Crippen molar-refractivity contribution in [1.29, 1.82) is 0 Å². The van der Waals surface area contributed by atoms with Crippen molar-refractivity contribution < 1.29 is 18.3 Å². The van der Waals surface area contributed by atoms with Gasteiger partial charge in [0.1, 0.15) is 11.5 Å². The highest BCUT2D eigenvalue weighted by Crippen LogP contribution is 2.33. The van der Waals surface area contributed by atoms with Crippen LogP contribution >= 0.6 is 0 Å². The fraction of sp³-hybridized carbons (Fsp3) is 0.600. The highest BCUT2D eigenvalue weighted by molar-refractivity contribution is 5.40. The van der Waals surface area contributed by atoms with Gasteiger partial charge in [0, 0.05) is 37.1 Å². The Morgan fingerprint density at radius 1 is 1.20 bits per heavy atom. The molecule has 0 bridgehead atoms. The molecule has 0 amide bonds. The third kappa shape index (κ3) is 3.82. The van der Waals surface area contributed by atoms with Gasteiger partial charge >= 0.3 is 0 Å². The molecule has 1 aromatic carbocycles. The summed E-state index contributed by atoms with van der Waals surface area (Å²) in [5, 5.41) is 3.33. The molecule has 3 nitrogen and oxygen atoms in total. The van der Waals surface area contributed by atoms with E-state index in [0.717, 1.165) is 17.1 Å². The van der Waals surface area contributed by atoms with E-state index in [1.807, 2.05) is 18.2 Å². The van der Waals surface area contributed by atoms with Gasteiger partial charge < -0.3 is 14.8 Å². The van der Waals surface area contributed by atoms with E-state index in [1.165, 1.54) is 0 Å². The minimum absolute atomic E-state index is 0.0234. The van der Waals surface area contributed by atoms with Crippen molar-refractivity contribution in [2.45, 2.75) is 44.2 Å². The molecule has 0 heterocycles. The molecule has 0 unspecified atom stereocenters. The normalized spacial score (nSPS) is 18.8. The standard InChI is InChI=1S/C15H21F2NO2/c1-19-13-4-3-11(14(9-13)20-2)10-18-12-5-7-15(16,17)8-6-12/h3-4,9,12,18H,5-8,10H2,1-2H3. The molecular formula is C15H21F2NO2. The molecule has 0 aromatic heterocycles. The number of hydrogen-bond acceptors (Lipinski definition) is 3. The number of rotatable bonds is 5. The van der Waals surface area contributed by atoms with Crippen LogP contribution < -0.4 is 14.8 Å². The van der Waals surface area contributed by atoms with Crippen LogP contribution in [0.15, 0.2) is 18.2 Å². The van der Waals surface area contributed by atoms with Crippen LogP contribution in [0, 0.1) is 0 Å². The van der Waals surface area contributed by atoms with Crippen LogP contribution in [0.3, 0.4) is 0 Å². The maximum absolute atomic E-state index is 13.1. The number of halogens is 2. The van der Waals surface area contributed by atoms with Crippen LogP contribution in [0.1, 0.15) is 31.2 Å². The molecular weight excluding hydrogens is 264 g/mol. The first-order chi connectivity index (χ1) is 9.54. The predicted octanol–water partition coefficient (Wildman–Crippen LogP) is 3.37. The van der Waals surface area contributed by atoms with Crippen LogP contribution in [0.5, 0.6) is 11.5 Å². The number of alkyl halides is 2. The van der Waals surface area contributed by atoms with Crippen LogP contribution in [0.25, 0.3) is 0 Å². The zero-order chi connectivity index (χ0) is 14.6. The number of hydrogen-bond donors (Lipinski definition) is 1. The Bertz CT molecular complexity index is 441. The number of nitrogens with one attached hydrogen (secondary N) is 1. The fourth-order valence-electron chi connectivity index (χ4n) is 2.50. The summed E-state index contributed by atoms with van der Waals surface area (Å²) in [5.74, 6) is -0.989. The third-order valence-electron chi connectivity index (χ3n) is 3.79. The summed E-state index contributed by atoms with van der Waals surface area (Å²) in [6, 6.07) is 5.78. The Hall–Kier alpha value is -1.36. The number of methoxy groups -OCH3 is 2. The van der Waals surface area contributed by atoms with E-state index in [0.29, 0.717) is 19.4 Å². The molecule has 0 radical (unpaired) electrons. The largest absolute Gasteiger partial charge is 0.497 e. The second kappa shape index (κ2) is 6.39. The van der Waals surface area contributed by atoms with Gasteiger partial charge in [-0.25, -0.2) is 8.78 Å². The first kappa shape index (κ1) is 15.0. The maximum atomic E-state index is 13.1. The van der Waals surface area contributed by atoms with Gasteiger partial charge in [-0.2, -0.15) is 0 Å². The quantitative estimate of drug-likeness (QED) is 0.899. The first-order valence-electron chi connectivity index (χ1n) is 6.86. The van der Waals surface area contributed by atoms with Gasteiger partial charge in [0.05, 0.1) is 14.2 Å². The van der Waals surface area contributed by atoms with E-state index >= 15 is 0 Å². The molecule has 1 aliphatic rings. The van der Waals surface area contributed by atoms with Crippen molar-refractivity contribution in [2.24, 2.45) is 0 Å². The minimum atomic E-state index is -2.48. The Balaban J connectivity index is 1.91. The average Bonchev–Trinajstić information content (AvgIpc) is 2.46. The lowest BCUT2D eigenvalue weighted by Gasteiger charge is -2.29. The molecule has 1 N–H and O–H groups in total. The average molecular weight is 285 g/mol. The molecule has 0 saturated heterocycles. The summed E-state index contributed by atoms with van der Waals surface area (Å²) in [6.45, 7) is 0.614. The molecule has 0 aliphatic heterocycles. The van der Waals surface area contributed by atoms with Crippen molar-refractivity contribution in [1.82, 2.24) is 5.32 Å². The SMILES string of the molecule is COc1ccc(CNC2CCC(F)(F)CC2)c(OC)c1. The topological polar surface area (TPSA) is 30.5 Å². The summed E-state index contributed by atoms with van der Waals surface area (Å²) in [6.07, 6.45) is 0.992. The Morgan fingerprint density at radius 3 is 2.50 bits per heavy atom. The summed E-state index contributed by atoms with van der Waals surface area (Å²) in [4.78, 5) is 0. The van der Waals surface area contributed by atoms with Crippen molar-refractivity contribution in [3.63, 3.8) is 0 Å². The van der Waals surface area contributed by atoms with Crippen LogP contribution in [0.4, 0.5) is 8.78 Å². The molecule has 112 valence electrons. The molecule has 1 fully saturated rings. The lowest BCUT2D eigenvalue weighted by molar-refractivity contribution is -0.0405. The monoisotopic (exact) mass is 285 g/mol. The molecule has 2 rings (SSSR count). The first-order valence-corrected chi connectivity index (χ1v) is 6.86. The van der Waals surface area contributed by atoms with Crippen LogP contribution in [-0.2, 0) is 6.54 Å². The second-order valence-electron chi connectivity index (χ2n) is 5.19. The van der Waals surface area contributed by atoms with E-state index < -0.39 is 5.92 Å². The number of ether oxygens (including phenoxy) is 2. The zero-order valence-corrected chi connectivity index (χ0v) is 11.9. The molecule has 1 aliphatic carbocycles. The van der Waals surface area contributed by atoms with E-state index in [-0.39, 0.29) is 18.9 Å². The van der Waals surface area contributed by atoms with Crippen molar-refractivity contribution in [2.75, 3.05) is 14.2 Å². The molecule has 1 saturated carbocycles. The molecule has 20 heavy (non-hydrogen) atoms. The fourth-order valence-corrected chi connectivity index (χ4v) is 2.50. The highest BCUT2D eigenvalue weighted by Gasteiger charge is 2.34. The Morgan fingerprint density at radius 2 is 1.90 bits per heavy atom. The minimum Gasteiger partial charge on any atom is -0.497 e. The Labute approximate surface area is 118 Å². The van der Waals surface area contributed by atoms with Gasteiger partial charge in [0.2, 0.25) is 5.92 Å². The van der Waals surface area contributed by atoms with Gasteiger partial charge in [-0.05, 0) is 18.9 Å². The van der Waals surface area contributed by atoms with Gasteiger partial charge in [0.15, 0.2) is 0 Å². The molecule has 0 spiro atoms. The third-order valence-corrected chi connectivity index (χ3v) is 3.79. The van der Waals surface area contributed by atoms with E-state index in [4.69, 9.17) is 9.47 Å². The van der Waals surface area contributed by atoms with Crippen LogP contribution in [-0.4, -0.2) is 26.2 Å².